The van der Waals surface area contributed by atoms with Gasteiger partial charge in [-0.25, -0.2) is 4.79 Å². The van der Waals surface area contributed by atoms with Gasteiger partial charge in [-0.15, -0.1) is 0 Å². The van der Waals surface area contributed by atoms with E-state index in [0.29, 0.717) is 6.61 Å². The molecule has 0 bridgehead atoms. The maximum absolute atomic E-state index is 11.1. The van der Waals surface area contributed by atoms with Gasteiger partial charge >= 0.3 is 5.97 Å². The number of hydrogen-bond donors (Lipinski definition) is 1. The van der Waals surface area contributed by atoms with Gasteiger partial charge in [0.2, 0.25) is 0 Å². The summed E-state index contributed by atoms with van der Waals surface area (Å²) in [5.74, 6) is -0.204. The Morgan fingerprint density at radius 3 is 2.62 bits per heavy atom. The lowest BCUT2D eigenvalue weighted by Crippen LogP contribution is -2.03. The van der Waals surface area contributed by atoms with Crippen LogP contribution < -0.4 is 4.74 Å². The molecule has 0 radical (unpaired) electrons. The predicted molar refractivity (Wildman–Crippen MR) is 80.7 cm³/mol. The summed E-state index contributed by atoms with van der Waals surface area (Å²) in [6.07, 6.45) is 0. The minimum absolute atomic E-state index is 0.269. The Morgan fingerprint density at radius 1 is 1.14 bits per heavy atom. The summed E-state index contributed by atoms with van der Waals surface area (Å²) in [5, 5.41) is 10.0. The number of carboxylic acids is 1. The molecule has 2 aromatic carbocycles. The van der Waals surface area contributed by atoms with Gasteiger partial charge in [-0.2, -0.15) is 0 Å². The lowest BCUT2D eigenvalue weighted by molar-refractivity contribution is 0.0687. The van der Waals surface area contributed by atoms with Gasteiger partial charge in [-0.3, -0.25) is 0 Å². The molecule has 0 spiro atoms. The van der Waals surface area contributed by atoms with Crippen LogP contribution in [0.5, 0.6) is 5.75 Å². The SMILES string of the molecule is Cn1c(C(=O)O)cc2ccc(OCc3ccccc3)cc21. The van der Waals surface area contributed by atoms with Crippen LogP contribution in [0.15, 0.2) is 54.6 Å². The number of nitrogens with zero attached hydrogens (tertiary/aromatic N) is 1. The first-order chi connectivity index (χ1) is 10.1. The molecule has 106 valence electrons. The molecule has 0 amide bonds. The van der Waals surface area contributed by atoms with Crippen molar-refractivity contribution >= 4 is 16.9 Å². The number of aryl methyl sites for hydroxylation is 1. The Balaban J connectivity index is 1.87. The highest BCUT2D eigenvalue weighted by Crippen LogP contribution is 2.24. The Hall–Kier alpha value is -2.75. The summed E-state index contributed by atoms with van der Waals surface area (Å²) < 4.78 is 7.42. The molecule has 4 nitrogen and oxygen atoms in total. The van der Waals surface area contributed by atoms with Crippen molar-refractivity contribution in [2.75, 3.05) is 0 Å². The summed E-state index contributed by atoms with van der Waals surface area (Å²) in [4.78, 5) is 11.1. The first-order valence-corrected chi connectivity index (χ1v) is 6.64. The third-order valence-corrected chi connectivity index (χ3v) is 3.48. The second-order valence-electron chi connectivity index (χ2n) is 4.89. The maximum atomic E-state index is 11.1. The normalized spacial score (nSPS) is 10.7. The van der Waals surface area contributed by atoms with Gasteiger partial charge in [0.25, 0.3) is 0 Å². The number of aromatic nitrogens is 1. The van der Waals surface area contributed by atoms with Gasteiger partial charge in [0, 0.05) is 18.5 Å². The van der Waals surface area contributed by atoms with Gasteiger partial charge in [0.15, 0.2) is 0 Å². The highest BCUT2D eigenvalue weighted by atomic mass is 16.5. The molecule has 21 heavy (non-hydrogen) atoms. The highest BCUT2D eigenvalue weighted by Gasteiger charge is 2.12. The standard InChI is InChI=1S/C17H15NO3/c1-18-15-10-14(21-11-12-5-3-2-4-6-12)8-7-13(15)9-16(18)17(19)20/h2-10H,11H2,1H3,(H,19,20). The van der Waals surface area contributed by atoms with Crippen molar-refractivity contribution in [1.82, 2.24) is 4.57 Å². The van der Waals surface area contributed by atoms with Crippen LogP contribution in [0.1, 0.15) is 16.1 Å². The van der Waals surface area contributed by atoms with Crippen molar-refractivity contribution in [3.8, 4) is 5.75 Å². The minimum Gasteiger partial charge on any atom is -0.489 e. The zero-order chi connectivity index (χ0) is 14.8. The third kappa shape index (κ3) is 2.60. The van der Waals surface area contributed by atoms with Crippen LogP contribution in [0.2, 0.25) is 0 Å². The van der Waals surface area contributed by atoms with Crippen LogP contribution in [0.25, 0.3) is 10.9 Å². The Kier molecular flexibility index (Phi) is 3.36. The van der Waals surface area contributed by atoms with Gasteiger partial charge in [0.05, 0.1) is 5.52 Å². The average molecular weight is 281 g/mol. The highest BCUT2D eigenvalue weighted by molar-refractivity contribution is 5.94. The van der Waals surface area contributed by atoms with E-state index in [1.807, 2.05) is 48.5 Å². The Bertz CT molecular complexity index is 790. The Morgan fingerprint density at radius 2 is 1.90 bits per heavy atom. The number of ether oxygens (including phenoxy) is 1. The maximum Gasteiger partial charge on any atom is 0.352 e. The van der Waals surface area contributed by atoms with Crippen LogP contribution >= 0.6 is 0 Å². The van der Waals surface area contributed by atoms with Crippen molar-refractivity contribution in [2.24, 2.45) is 7.05 Å². The molecule has 0 saturated heterocycles. The van der Waals surface area contributed by atoms with Crippen molar-refractivity contribution in [3.05, 3.63) is 65.9 Å². The smallest absolute Gasteiger partial charge is 0.352 e. The number of benzene rings is 2. The largest absolute Gasteiger partial charge is 0.489 e. The van der Waals surface area contributed by atoms with Crippen LogP contribution in [-0.4, -0.2) is 15.6 Å². The van der Waals surface area contributed by atoms with E-state index in [2.05, 4.69) is 0 Å². The van der Waals surface area contributed by atoms with Gasteiger partial charge in [-0.05, 0) is 23.8 Å². The van der Waals surface area contributed by atoms with Crippen LogP contribution in [0.4, 0.5) is 0 Å². The van der Waals surface area contributed by atoms with Crippen molar-refractivity contribution in [1.29, 1.82) is 0 Å². The quantitative estimate of drug-likeness (QED) is 0.796. The van der Waals surface area contributed by atoms with Crippen LogP contribution in [0.3, 0.4) is 0 Å². The van der Waals surface area contributed by atoms with E-state index in [4.69, 9.17) is 9.84 Å². The molecule has 1 N–H and O–H groups in total. The molecule has 4 heteroatoms. The fourth-order valence-electron chi connectivity index (χ4n) is 2.35. The second-order valence-corrected chi connectivity index (χ2v) is 4.89. The van der Waals surface area contributed by atoms with Crippen molar-refractivity contribution < 1.29 is 14.6 Å². The molecule has 0 aliphatic rings. The zero-order valence-electron chi connectivity index (χ0n) is 11.6. The summed E-state index contributed by atoms with van der Waals surface area (Å²) in [5.41, 5.74) is 2.21. The fraction of sp³-hybridized carbons (Fsp3) is 0.118. The molecule has 0 fully saturated rings. The number of aromatic carboxylic acids is 1. The second kappa shape index (κ2) is 5.32. The van der Waals surface area contributed by atoms with Crippen molar-refractivity contribution in [2.45, 2.75) is 6.61 Å². The van der Waals surface area contributed by atoms with E-state index < -0.39 is 5.97 Å². The Labute approximate surface area is 122 Å². The molecule has 1 heterocycles. The topological polar surface area (TPSA) is 51.5 Å². The summed E-state index contributed by atoms with van der Waals surface area (Å²) in [6, 6.07) is 17.2. The van der Waals surface area contributed by atoms with E-state index in [1.54, 1.807) is 17.7 Å². The van der Waals surface area contributed by atoms with Gasteiger partial charge in [0.1, 0.15) is 18.1 Å². The first-order valence-electron chi connectivity index (χ1n) is 6.64. The van der Waals surface area contributed by atoms with Crippen LogP contribution in [-0.2, 0) is 13.7 Å². The van der Waals surface area contributed by atoms with Gasteiger partial charge < -0.3 is 14.4 Å². The van der Waals surface area contributed by atoms with E-state index in [1.165, 1.54) is 0 Å². The lowest BCUT2D eigenvalue weighted by Gasteiger charge is -2.07. The van der Waals surface area contributed by atoms with Gasteiger partial charge in [-0.1, -0.05) is 30.3 Å². The zero-order valence-corrected chi connectivity index (χ0v) is 11.6. The monoisotopic (exact) mass is 281 g/mol. The minimum atomic E-state index is -0.930. The molecule has 0 saturated carbocycles. The molecular formula is C17H15NO3. The molecule has 3 aromatic rings. The molecule has 0 atom stereocenters. The molecule has 3 rings (SSSR count). The molecule has 0 aliphatic carbocycles. The molecule has 1 aromatic heterocycles. The summed E-state index contributed by atoms with van der Waals surface area (Å²) in [7, 11) is 1.74. The van der Waals surface area contributed by atoms with Crippen LogP contribution in [0, 0.1) is 0 Å². The van der Waals surface area contributed by atoms with E-state index in [9.17, 15) is 4.79 Å². The third-order valence-electron chi connectivity index (χ3n) is 3.48. The molecular weight excluding hydrogens is 266 g/mol. The summed E-state index contributed by atoms with van der Waals surface area (Å²) >= 11 is 0. The summed E-state index contributed by atoms with van der Waals surface area (Å²) in [6.45, 7) is 0.489. The van der Waals surface area contributed by atoms with E-state index in [0.717, 1.165) is 22.2 Å². The molecule has 0 unspecified atom stereocenters. The number of carboxylic acid groups (broad SMARTS) is 1. The molecule has 0 aliphatic heterocycles. The number of rotatable bonds is 4. The first kappa shape index (κ1) is 13.2. The lowest BCUT2D eigenvalue weighted by atomic mass is 10.2. The number of fused-ring (bicyclic) bond motifs is 1. The number of hydrogen-bond acceptors (Lipinski definition) is 2. The number of carbonyl (C=O) groups is 1. The van der Waals surface area contributed by atoms with E-state index in [-0.39, 0.29) is 5.69 Å². The van der Waals surface area contributed by atoms with Crippen molar-refractivity contribution in [3.63, 3.8) is 0 Å². The predicted octanol–water partition coefficient (Wildman–Crippen LogP) is 3.46. The fourth-order valence-corrected chi connectivity index (χ4v) is 2.35. The average Bonchev–Trinajstić information content (AvgIpc) is 2.83. The van der Waals surface area contributed by atoms with E-state index >= 15 is 0 Å².